The summed E-state index contributed by atoms with van der Waals surface area (Å²) < 4.78 is 2.01. The van der Waals surface area contributed by atoms with Gasteiger partial charge in [0.05, 0.1) is 0 Å². The van der Waals surface area contributed by atoms with E-state index >= 15 is 0 Å². The van der Waals surface area contributed by atoms with Crippen LogP contribution in [0.4, 0.5) is 5.95 Å². The van der Waals surface area contributed by atoms with E-state index in [1.54, 1.807) is 6.33 Å². The second-order valence-corrected chi connectivity index (χ2v) is 6.80. The summed E-state index contributed by atoms with van der Waals surface area (Å²) in [5.41, 5.74) is 6.49. The molecule has 2 heterocycles. The number of benzene rings is 2. The maximum Gasteiger partial charge on any atom is 0.226 e. The minimum atomic E-state index is 0.115. The quantitative estimate of drug-likeness (QED) is 0.727. The van der Waals surface area contributed by atoms with Gasteiger partial charge in [-0.3, -0.25) is 0 Å². The van der Waals surface area contributed by atoms with E-state index in [1.165, 1.54) is 28.0 Å². The molecule has 26 heavy (non-hydrogen) atoms. The van der Waals surface area contributed by atoms with Crippen molar-refractivity contribution in [1.29, 1.82) is 0 Å². The summed E-state index contributed by atoms with van der Waals surface area (Å²) in [6.45, 7) is 0. The maximum absolute atomic E-state index is 4.50. The molecule has 3 aromatic rings. The third-order valence-electron chi connectivity index (χ3n) is 5.17. The van der Waals surface area contributed by atoms with Crippen LogP contribution in [0, 0.1) is 0 Å². The summed E-state index contributed by atoms with van der Waals surface area (Å²) in [6.07, 6.45) is 7.25. The molecule has 0 amide bonds. The van der Waals surface area contributed by atoms with Crippen LogP contribution in [0.15, 0.2) is 83.8 Å². The summed E-state index contributed by atoms with van der Waals surface area (Å²) in [7, 11) is 0. The van der Waals surface area contributed by atoms with Gasteiger partial charge in [0.1, 0.15) is 12.4 Å². The minimum absolute atomic E-state index is 0.115. The fraction of sp³-hybridized carbons (Fsp3) is 0.182. The van der Waals surface area contributed by atoms with Crippen LogP contribution in [0.2, 0.25) is 0 Å². The van der Waals surface area contributed by atoms with E-state index in [0.29, 0.717) is 0 Å². The van der Waals surface area contributed by atoms with E-state index < -0.39 is 0 Å². The number of anilines is 1. The summed E-state index contributed by atoms with van der Waals surface area (Å²) in [5.74, 6) is 0.818. The smallest absolute Gasteiger partial charge is 0.226 e. The number of fused-ring (bicyclic) bond motifs is 1. The highest BCUT2D eigenvalue weighted by molar-refractivity contribution is 5.65. The van der Waals surface area contributed by atoms with E-state index in [0.717, 1.165) is 25.2 Å². The van der Waals surface area contributed by atoms with Gasteiger partial charge in [0.15, 0.2) is 0 Å². The van der Waals surface area contributed by atoms with Crippen LogP contribution >= 0.6 is 0 Å². The molecule has 0 bridgehead atoms. The Kier molecular flexibility index (Phi) is 3.67. The molecule has 4 nitrogen and oxygen atoms in total. The number of rotatable bonds is 2. The molecule has 2 aliphatic rings. The molecule has 0 unspecified atom stereocenters. The van der Waals surface area contributed by atoms with Crippen molar-refractivity contribution < 1.29 is 0 Å². The molecule has 0 saturated heterocycles. The molecule has 128 valence electrons. The monoisotopic (exact) mass is 340 g/mol. The van der Waals surface area contributed by atoms with Gasteiger partial charge in [0, 0.05) is 5.70 Å². The first-order chi connectivity index (χ1) is 12.9. The molecular formula is C22H20N4. The standard InChI is InChI=1S/C22H20N4/c1-3-8-16(9-4-1)14-18-12-7-13-19-20(18)25-22-23-15-24-26(22)21(19)17-10-5-2-6-11-17/h1-6,8-11,14-15,21H,7,12-13H2,(H,23,24,25)/t21-/m0/s1. The zero-order valence-corrected chi connectivity index (χ0v) is 14.5. The Bertz CT molecular complexity index is 983. The maximum atomic E-state index is 4.50. The summed E-state index contributed by atoms with van der Waals surface area (Å²) >= 11 is 0. The van der Waals surface area contributed by atoms with Crippen LogP contribution in [-0.2, 0) is 0 Å². The SMILES string of the molecule is C(=C1CCCC2=C1Nc1ncnn1[C@H]2c1ccccc1)c1ccccc1. The second kappa shape index (κ2) is 6.30. The van der Waals surface area contributed by atoms with Crippen molar-refractivity contribution >= 4 is 12.0 Å². The molecule has 2 aromatic carbocycles. The molecule has 1 aliphatic heterocycles. The van der Waals surface area contributed by atoms with Crippen molar-refractivity contribution in [3.8, 4) is 0 Å². The van der Waals surface area contributed by atoms with Gasteiger partial charge in [-0.15, -0.1) is 0 Å². The van der Waals surface area contributed by atoms with Gasteiger partial charge in [0.25, 0.3) is 0 Å². The molecule has 1 aromatic heterocycles. The number of nitrogens with one attached hydrogen (secondary N) is 1. The van der Waals surface area contributed by atoms with Crippen LogP contribution in [0.5, 0.6) is 0 Å². The molecule has 1 N–H and O–H groups in total. The molecule has 0 radical (unpaired) electrons. The lowest BCUT2D eigenvalue weighted by Gasteiger charge is -2.34. The molecule has 0 fully saturated rings. The average molecular weight is 340 g/mol. The fourth-order valence-corrected chi connectivity index (χ4v) is 4.02. The van der Waals surface area contributed by atoms with Crippen LogP contribution in [-0.4, -0.2) is 14.8 Å². The highest BCUT2D eigenvalue weighted by atomic mass is 15.4. The lowest BCUT2D eigenvalue weighted by molar-refractivity contribution is 0.538. The Morgan fingerprint density at radius 2 is 1.73 bits per heavy atom. The fourth-order valence-electron chi connectivity index (χ4n) is 4.02. The number of hydrogen-bond acceptors (Lipinski definition) is 3. The summed E-state index contributed by atoms with van der Waals surface area (Å²) in [5, 5.41) is 8.05. The van der Waals surface area contributed by atoms with Gasteiger partial charge in [-0.25, -0.2) is 4.68 Å². The Labute approximate surface area is 152 Å². The summed E-state index contributed by atoms with van der Waals surface area (Å²) in [6, 6.07) is 21.3. The van der Waals surface area contributed by atoms with Crippen molar-refractivity contribution in [3.63, 3.8) is 0 Å². The third kappa shape index (κ3) is 2.54. The van der Waals surface area contributed by atoms with Gasteiger partial charge < -0.3 is 5.32 Å². The molecule has 1 atom stereocenters. The molecule has 4 heteroatoms. The van der Waals surface area contributed by atoms with E-state index in [1.807, 2.05) is 4.68 Å². The van der Waals surface area contributed by atoms with Gasteiger partial charge in [-0.05, 0) is 47.6 Å². The van der Waals surface area contributed by atoms with Crippen molar-refractivity contribution in [2.75, 3.05) is 5.32 Å². The summed E-state index contributed by atoms with van der Waals surface area (Å²) in [4.78, 5) is 4.44. The molecule has 0 spiro atoms. The number of hydrogen-bond donors (Lipinski definition) is 1. The Morgan fingerprint density at radius 3 is 2.54 bits per heavy atom. The lowest BCUT2D eigenvalue weighted by atomic mass is 9.83. The topological polar surface area (TPSA) is 42.7 Å². The van der Waals surface area contributed by atoms with E-state index in [-0.39, 0.29) is 6.04 Å². The van der Waals surface area contributed by atoms with Crippen LogP contribution in [0.1, 0.15) is 36.4 Å². The first kappa shape index (κ1) is 15.1. The van der Waals surface area contributed by atoms with Crippen LogP contribution < -0.4 is 5.32 Å². The zero-order valence-electron chi connectivity index (χ0n) is 14.5. The van der Waals surface area contributed by atoms with Crippen molar-refractivity contribution in [1.82, 2.24) is 14.8 Å². The first-order valence-corrected chi connectivity index (χ1v) is 9.10. The molecule has 5 rings (SSSR count). The third-order valence-corrected chi connectivity index (χ3v) is 5.17. The predicted octanol–water partition coefficient (Wildman–Crippen LogP) is 4.81. The van der Waals surface area contributed by atoms with E-state index in [2.05, 4.69) is 82.1 Å². The highest BCUT2D eigenvalue weighted by Crippen LogP contribution is 2.43. The van der Waals surface area contributed by atoms with Gasteiger partial charge in [-0.2, -0.15) is 10.1 Å². The zero-order chi connectivity index (χ0) is 17.3. The van der Waals surface area contributed by atoms with Gasteiger partial charge in [0.2, 0.25) is 5.95 Å². The number of allylic oxidation sites excluding steroid dienone is 2. The van der Waals surface area contributed by atoms with Gasteiger partial charge in [-0.1, -0.05) is 60.7 Å². The van der Waals surface area contributed by atoms with E-state index in [9.17, 15) is 0 Å². The lowest BCUT2D eigenvalue weighted by Crippen LogP contribution is -2.28. The Morgan fingerprint density at radius 1 is 0.962 bits per heavy atom. The predicted molar refractivity (Wildman–Crippen MR) is 104 cm³/mol. The normalized spacial score (nSPS) is 20.5. The van der Waals surface area contributed by atoms with E-state index in [4.69, 9.17) is 0 Å². The first-order valence-electron chi connectivity index (χ1n) is 9.10. The van der Waals surface area contributed by atoms with Gasteiger partial charge >= 0.3 is 0 Å². The molecule has 0 saturated carbocycles. The van der Waals surface area contributed by atoms with Crippen LogP contribution in [0.3, 0.4) is 0 Å². The highest BCUT2D eigenvalue weighted by Gasteiger charge is 2.33. The van der Waals surface area contributed by atoms with Crippen molar-refractivity contribution in [2.24, 2.45) is 0 Å². The Hall–Kier alpha value is -3.14. The largest absolute Gasteiger partial charge is 0.324 e. The van der Waals surface area contributed by atoms with Crippen molar-refractivity contribution in [2.45, 2.75) is 25.3 Å². The molecular weight excluding hydrogens is 320 g/mol. The minimum Gasteiger partial charge on any atom is -0.324 e. The Balaban J connectivity index is 1.66. The number of nitrogens with zero attached hydrogens (tertiary/aromatic N) is 3. The van der Waals surface area contributed by atoms with Crippen LogP contribution in [0.25, 0.3) is 6.08 Å². The van der Waals surface area contributed by atoms with Crippen molar-refractivity contribution in [3.05, 3.63) is 95.0 Å². The second-order valence-electron chi connectivity index (χ2n) is 6.80. The molecule has 1 aliphatic carbocycles. The average Bonchev–Trinajstić information content (AvgIpc) is 3.16. The number of aromatic nitrogens is 3.